The van der Waals surface area contributed by atoms with Crippen LogP contribution in [0.25, 0.3) is 44.1 Å². The number of pyridine rings is 2. The van der Waals surface area contributed by atoms with Crippen molar-refractivity contribution < 1.29 is 25.9 Å². The Morgan fingerprint density at radius 3 is 1.67 bits per heavy atom. The Balaban J connectivity index is 0.000000167. The third-order valence-electron chi connectivity index (χ3n) is 10.7. The molecule has 0 aliphatic heterocycles. The quantitative estimate of drug-likeness (QED) is 0.147. The average Bonchev–Trinajstić information content (AvgIpc) is 3.94. The Kier molecular flexibility index (Phi) is 10.6. The van der Waals surface area contributed by atoms with Crippen LogP contribution in [0, 0.1) is 39.5 Å². The molecule has 14 heteroatoms. The lowest BCUT2D eigenvalue weighted by molar-refractivity contribution is 0.393. The summed E-state index contributed by atoms with van der Waals surface area (Å²) in [5, 5.41) is 9.44. The number of H-pyrrole nitrogens is 1. The molecular formula is C40H43ClN4O7S2. The number of nitrogens with zero attached hydrogens (tertiary/aromatic N) is 3. The van der Waals surface area contributed by atoms with E-state index in [1.165, 1.54) is 6.07 Å². The number of hydrogen-bond donors (Lipinski definition) is 1. The maximum Gasteiger partial charge on any atom is 0.248 e. The first-order valence-corrected chi connectivity index (χ1v) is 22.0. The molecule has 284 valence electrons. The van der Waals surface area contributed by atoms with E-state index < -0.39 is 19.7 Å². The fourth-order valence-corrected chi connectivity index (χ4v) is 12.2. The van der Waals surface area contributed by atoms with E-state index in [9.17, 15) is 21.6 Å². The van der Waals surface area contributed by atoms with Gasteiger partial charge in [0.2, 0.25) is 5.56 Å². The molecule has 8 rings (SSSR count). The molecule has 2 aliphatic rings. The zero-order valence-corrected chi connectivity index (χ0v) is 33.1. The zero-order chi connectivity index (χ0) is 38.4. The van der Waals surface area contributed by atoms with Crippen LogP contribution in [-0.2, 0) is 19.7 Å². The monoisotopic (exact) mass is 790 g/mol. The summed E-state index contributed by atoms with van der Waals surface area (Å²) < 4.78 is 63.6. The number of fused-ring (bicyclic) bond motifs is 2. The van der Waals surface area contributed by atoms with E-state index in [1.807, 2.05) is 26.8 Å². The number of benzene rings is 2. The number of aromatic amines is 1. The maximum atomic E-state index is 13.3. The molecule has 2 saturated carbocycles. The topological polar surface area (TPSA) is 166 Å². The minimum absolute atomic E-state index is 0.145. The lowest BCUT2D eigenvalue weighted by Crippen LogP contribution is -2.15. The largest absolute Gasteiger partial charge is 0.361 e. The molecule has 1 N–H and O–H groups in total. The number of aromatic nitrogens is 4. The molecular weight excluding hydrogens is 748 g/mol. The van der Waals surface area contributed by atoms with Crippen molar-refractivity contribution in [3.05, 3.63) is 86.9 Å². The van der Waals surface area contributed by atoms with Crippen LogP contribution in [0.4, 0.5) is 0 Å². The third kappa shape index (κ3) is 7.76. The van der Waals surface area contributed by atoms with Crippen LogP contribution in [0.15, 0.2) is 72.2 Å². The fraction of sp³-hybridized carbons (Fsp3) is 0.400. The van der Waals surface area contributed by atoms with Gasteiger partial charge in [0.1, 0.15) is 16.7 Å². The van der Waals surface area contributed by atoms with Crippen LogP contribution in [0.1, 0.15) is 74.3 Å². The van der Waals surface area contributed by atoms with Crippen LogP contribution < -0.4 is 5.56 Å². The van der Waals surface area contributed by atoms with Crippen molar-refractivity contribution in [3.63, 3.8) is 0 Å². The minimum Gasteiger partial charge on any atom is -0.361 e. The number of nitrogens with one attached hydrogen (secondary N) is 1. The summed E-state index contributed by atoms with van der Waals surface area (Å²) in [6, 6.07) is 13.4. The summed E-state index contributed by atoms with van der Waals surface area (Å²) >= 11 is 6.07. The first-order chi connectivity index (χ1) is 25.7. The summed E-state index contributed by atoms with van der Waals surface area (Å²) in [5.41, 5.74) is 5.18. The summed E-state index contributed by atoms with van der Waals surface area (Å²) in [5.74, 6) is 2.02. The number of aryl methyl sites for hydroxylation is 4. The number of hydrogen-bond acceptors (Lipinski definition) is 10. The van der Waals surface area contributed by atoms with Gasteiger partial charge in [-0.05, 0) is 119 Å². The second kappa shape index (κ2) is 15.1. The van der Waals surface area contributed by atoms with E-state index in [1.54, 1.807) is 43.3 Å². The molecule has 2 aliphatic carbocycles. The normalized spacial score (nSPS) is 15.6. The number of rotatable bonds is 8. The molecule has 0 amide bonds. The first-order valence-electron chi connectivity index (χ1n) is 18.3. The van der Waals surface area contributed by atoms with Gasteiger partial charge >= 0.3 is 0 Å². The molecule has 0 unspecified atom stereocenters. The van der Waals surface area contributed by atoms with Gasteiger partial charge in [0, 0.05) is 28.0 Å². The second-order valence-corrected chi connectivity index (χ2v) is 19.1. The lowest BCUT2D eigenvalue weighted by Gasteiger charge is -2.14. The first kappa shape index (κ1) is 38.0. The van der Waals surface area contributed by atoms with Gasteiger partial charge in [-0.1, -0.05) is 47.6 Å². The molecule has 11 nitrogen and oxygen atoms in total. The molecule has 0 radical (unpaired) electrons. The Morgan fingerprint density at radius 2 is 1.17 bits per heavy atom. The summed E-state index contributed by atoms with van der Waals surface area (Å²) in [6.07, 6.45) is 8.26. The SMILES string of the molecule is Cc1noc(C)c1-c1cc(S(=O)(=O)CC2CCCC2)c2ccc(=O)[nH]c2c1.Cc1noc(C)c1-c1cc(S(=O)(=O)CC2CCCC2)c2ccc(Cl)nc2c1. The van der Waals surface area contributed by atoms with Crippen LogP contribution >= 0.6 is 11.6 Å². The van der Waals surface area contributed by atoms with Gasteiger partial charge in [-0.25, -0.2) is 21.8 Å². The fourth-order valence-electron chi connectivity index (χ4n) is 8.16. The van der Waals surface area contributed by atoms with E-state index in [4.69, 9.17) is 20.6 Å². The van der Waals surface area contributed by atoms with Crippen LogP contribution in [-0.4, -0.2) is 48.6 Å². The van der Waals surface area contributed by atoms with Gasteiger partial charge in [-0.2, -0.15) is 0 Å². The standard InChI is InChI=1S/C20H21ClN2O3S.C20H22N2O4S/c1-12-20(13(2)26-23-12)15-9-17-16(7-8-19(21)22-17)18(10-15)27(24,25)11-14-5-3-4-6-14;1-12-20(13(2)26-22-12)15-9-17-16(7-8-19(23)21-17)18(10-15)27(24,25)11-14-5-3-4-6-14/h7-10,14H,3-6,11H2,1-2H3;7-10,14H,3-6,11H2,1-2H3,(H,21,23). The van der Waals surface area contributed by atoms with Gasteiger partial charge < -0.3 is 14.0 Å². The molecule has 6 aromatic rings. The highest BCUT2D eigenvalue weighted by Gasteiger charge is 2.29. The Labute approximate surface area is 319 Å². The number of halogens is 1. The van der Waals surface area contributed by atoms with Crippen molar-refractivity contribution in [2.45, 2.75) is 88.9 Å². The second-order valence-electron chi connectivity index (χ2n) is 14.7. The van der Waals surface area contributed by atoms with Gasteiger partial charge in [0.05, 0.1) is 43.7 Å². The maximum absolute atomic E-state index is 13.3. The summed E-state index contributed by atoms with van der Waals surface area (Å²) in [6.45, 7) is 7.27. The third-order valence-corrected chi connectivity index (χ3v) is 14.8. The molecule has 2 aromatic carbocycles. The molecule has 54 heavy (non-hydrogen) atoms. The van der Waals surface area contributed by atoms with E-state index in [2.05, 4.69) is 20.3 Å². The van der Waals surface area contributed by atoms with Crippen LogP contribution in [0.2, 0.25) is 5.15 Å². The highest BCUT2D eigenvalue weighted by Crippen LogP contribution is 2.37. The molecule has 4 aromatic heterocycles. The summed E-state index contributed by atoms with van der Waals surface area (Å²) in [7, 11) is -6.95. The molecule has 4 heterocycles. The zero-order valence-electron chi connectivity index (χ0n) is 30.7. The van der Waals surface area contributed by atoms with Crippen molar-refractivity contribution in [2.24, 2.45) is 11.8 Å². The van der Waals surface area contributed by atoms with Gasteiger partial charge in [-0.15, -0.1) is 0 Å². The highest BCUT2D eigenvalue weighted by molar-refractivity contribution is 7.92. The van der Waals surface area contributed by atoms with Crippen molar-refractivity contribution in [3.8, 4) is 22.3 Å². The van der Waals surface area contributed by atoms with Crippen LogP contribution in [0.3, 0.4) is 0 Å². The van der Waals surface area contributed by atoms with E-state index in [0.717, 1.165) is 68.1 Å². The molecule has 0 spiro atoms. The van der Waals surface area contributed by atoms with Crippen molar-refractivity contribution in [1.29, 1.82) is 0 Å². The Morgan fingerprint density at radius 1 is 0.685 bits per heavy atom. The van der Waals surface area contributed by atoms with E-state index in [-0.39, 0.29) is 33.8 Å². The van der Waals surface area contributed by atoms with Crippen molar-refractivity contribution in [2.75, 3.05) is 11.5 Å². The predicted octanol–water partition coefficient (Wildman–Crippen LogP) is 8.89. The van der Waals surface area contributed by atoms with Gasteiger partial charge in [0.25, 0.3) is 0 Å². The highest BCUT2D eigenvalue weighted by atomic mass is 35.5. The van der Waals surface area contributed by atoms with Crippen molar-refractivity contribution in [1.82, 2.24) is 20.3 Å². The number of sulfone groups is 2. The van der Waals surface area contributed by atoms with Gasteiger partial charge in [0.15, 0.2) is 19.7 Å². The van der Waals surface area contributed by atoms with E-state index in [0.29, 0.717) is 60.3 Å². The summed E-state index contributed by atoms with van der Waals surface area (Å²) in [4.78, 5) is 19.5. The average molecular weight is 791 g/mol. The Hall–Kier alpha value is -4.33. The minimum atomic E-state index is -3.50. The van der Waals surface area contributed by atoms with Gasteiger partial charge in [-0.3, -0.25) is 4.79 Å². The molecule has 0 bridgehead atoms. The Bertz CT molecular complexity index is 2610. The molecule has 2 fully saturated rings. The lowest BCUT2D eigenvalue weighted by atomic mass is 10.0. The molecule has 0 saturated heterocycles. The molecule has 0 atom stereocenters. The van der Waals surface area contributed by atoms with E-state index >= 15 is 0 Å². The van der Waals surface area contributed by atoms with Crippen molar-refractivity contribution >= 4 is 53.1 Å². The smallest absolute Gasteiger partial charge is 0.248 e. The van der Waals surface area contributed by atoms with Crippen LogP contribution in [0.5, 0.6) is 0 Å². The predicted molar refractivity (Wildman–Crippen MR) is 209 cm³/mol.